The lowest BCUT2D eigenvalue weighted by atomic mass is 10.0. The van der Waals surface area contributed by atoms with Crippen LogP contribution in [0.5, 0.6) is 0 Å². The fourth-order valence-electron chi connectivity index (χ4n) is 2.11. The van der Waals surface area contributed by atoms with Gasteiger partial charge in [0.1, 0.15) is 9.84 Å². The Morgan fingerprint density at radius 1 is 1.15 bits per heavy atom. The predicted molar refractivity (Wildman–Crippen MR) is 81.5 cm³/mol. The van der Waals surface area contributed by atoms with E-state index in [2.05, 4.69) is 11.4 Å². The smallest absolute Gasteiger partial charge is 0.147 e. The van der Waals surface area contributed by atoms with Gasteiger partial charge in [0.2, 0.25) is 0 Å². The summed E-state index contributed by atoms with van der Waals surface area (Å²) in [6.07, 6.45) is 1.80. The Kier molecular flexibility index (Phi) is 4.26. The van der Waals surface area contributed by atoms with Crippen LogP contribution in [0.4, 0.5) is 5.69 Å². The number of fused-ring (bicyclic) bond motifs is 1. The molecule has 0 fully saturated rings. The Bertz CT molecular complexity index is 761. The molecule has 0 amide bonds. The molecule has 0 heterocycles. The number of anilines is 1. The number of benzene rings is 2. The van der Waals surface area contributed by atoms with Crippen LogP contribution in [0.25, 0.3) is 10.8 Å². The molecule has 4 nitrogen and oxygen atoms in total. The summed E-state index contributed by atoms with van der Waals surface area (Å²) in [5.74, 6) is 0.175. The Morgan fingerprint density at radius 2 is 1.85 bits per heavy atom. The molecule has 20 heavy (non-hydrogen) atoms. The van der Waals surface area contributed by atoms with Crippen LogP contribution in [0.3, 0.4) is 0 Å². The summed E-state index contributed by atoms with van der Waals surface area (Å²) in [7, 11) is -2.91. The zero-order valence-corrected chi connectivity index (χ0v) is 12.1. The van der Waals surface area contributed by atoms with Crippen molar-refractivity contribution in [2.45, 2.75) is 6.42 Å². The molecule has 0 saturated heterocycles. The molecule has 0 spiro atoms. The first-order chi connectivity index (χ1) is 9.51. The van der Waals surface area contributed by atoms with Crippen LogP contribution < -0.4 is 5.32 Å². The highest BCUT2D eigenvalue weighted by Gasteiger charge is 2.05. The Labute approximate surface area is 119 Å². The lowest BCUT2D eigenvalue weighted by molar-refractivity contribution is 0.600. The molecule has 0 saturated carbocycles. The minimum absolute atomic E-state index is 0.175. The Balaban J connectivity index is 2.18. The fourth-order valence-corrected chi connectivity index (χ4v) is 2.78. The van der Waals surface area contributed by atoms with Crippen molar-refractivity contribution in [1.29, 1.82) is 5.26 Å². The van der Waals surface area contributed by atoms with Gasteiger partial charge in [-0.05, 0) is 18.6 Å². The fraction of sp³-hybridized carbons (Fsp3) is 0.267. The third-order valence-electron chi connectivity index (χ3n) is 3.05. The second-order valence-corrected chi connectivity index (χ2v) is 6.99. The summed E-state index contributed by atoms with van der Waals surface area (Å²) >= 11 is 0. The van der Waals surface area contributed by atoms with Gasteiger partial charge in [0.05, 0.1) is 17.4 Å². The second-order valence-electron chi connectivity index (χ2n) is 4.73. The van der Waals surface area contributed by atoms with E-state index in [0.29, 0.717) is 18.5 Å². The molecule has 2 rings (SSSR count). The molecule has 0 aromatic heterocycles. The third kappa shape index (κ3) is 3.49. The van der Waals surface area contributed by atoms with Gasteiger partial charge in [0, 0.05) is 29.3 Å². The molecule has 104 valence electrons. The first-order valence-corrected chi connectivity index (χ1v) is 8.41. The van der Waals surface area contributed by atoms with Crippen molar-refractivity contribution in [1.82, 2.24) is 0 Å². The summed E-state index contributed by atoms with van der Waals surface area (Å²) in [6, 6.07) is 13.5. The first-order valence-electron chi connectivity index (χ1n) is 6.35. The Morgan fingerprint density at radius 3 is 2.50 bits per heavy atom. The molecule has 0 aliphatic heterocycles. The van der Waals surface area contributed by atoms with Gasteiger partial charge in [-0.15, -0.1) is 0 Å². The molecule has 0 aliphatic rings. The summed E-state index contributed by atoms with van der Waals surface area (Å²) in [5, 5.41) is 14.2. The van der Waals surface area contributed by atoms with Crippen molar-refractivity contribution in [3.63, 3.8) is 0 Å². The standard InChI is InChI=1S/C15H16N2O2S/c1-20(18,19)10-4-9-17-15-8-7-12(11-16)13-5-2-3-6-14(13)15/h2-3,5-8,17H,4,9-10H2,1H3. The van der Waals surface area contributed by atoms with Crippen molar-refractivity contribution < 1.29 is 8.42 Å². The molecule has 0 atom stereocenters. The van der Waals surface area contributed by atoms with E-state index in [0.717, 1.165) is 16.5 Å². The largest absolute Gasteiger partial charge is 0.385 e. The number of nitrogens with one attached hydrogen (secondary N) is 1. The molecular weight excluding hydrogens is 272 g/mol. The van der Waals surface area contributed by atoms with Gasteiger partial charge in [0.25, 0.3) is 0 Å². The van der Waals surface area contributed by atoms with Crippen LogP contribution in [0, 0.1) is 11.3 Å². The highest BCUT2D eigenvalue weighted by Crippen LogP contribution is 2.26. The molecule has 0 aliphatic carbocycles. The van der Waals surface area contributed by atoms with Crippen molar-refractivity contribution in [3.8, 4) is 6.07 Å². The van der Waals surface area contributed by atoms with Crippen LogP contribution in [0.2, 0.25) is 0 Å². The quantitative estimate of drug-likeness (QED) is 0.858. The summed E-state index contributed by atoms with van der Waals surface area (Å²) < 4.78 is 22.1. The summed E-state index contributed by atoms with van der Waals surface area (Å²) in [4.78, 5) is 0. The SMILES string of the molecule is CS(=O)(=O)CCCNc1ccc(C#N)c2ccccc12. The average Bonchev–Trinajstić information content (AvgIpc) is 2.42. The summed E-state index contributed by atoms with van der Waals surface area (Å²) in [5.41, 5.74) is 1.57. The topological polar surface area (TPSA) is 70.0 Å². The zero-order chi connectivity index (χ0) is 14.6. The van der Waals surface area contributed by atoms with Gasteiger partial charge >= 0.3 is 0 Å². The maximum atomic E-state index is 11.1. The third-order valence-corrected chi connectivity index (χ3v) is 4.08. The van der Waals surface area contributed by atoms with Gasteiger partial charge < -0.3 is 5.32 Å². The van der Waals surface area contributed by atoms with Crippen LogP contribution in [0.1, 0.15) is 12.0 Å². The van der Waals surface area contributed by atoms with Crippen molar-refractivity contribution in [2.24, 2.45) is 0 Å². The molecule has 5 heteroatoms. The van der Waals surface area contributed by atoms with E-state index in [-0.39, 0.29) is 5.75 Å². The molecule has 0 bridgehead atoms. The highest BCUT2D eigenvalue weighted by atomic mass is 32.2. The maximum absolute atomic E-state index is 11.1. The lowest BCUT2D eigenvalue weighted by Gasteiger charge is -2.10. The van der Waals surface area contributed by atoms with Crippen LogP contribution in [-0.4, -0.2) is 27.0 Å². The van der Waals surface area contributed by atoms with E-state index in [4.69, 9.17) is 5.26 Å². The van der Waals surface area contributed by atoms with Crippen LogP contribution >= 0.6 is 0 Å². The zero-order valence-electron chi connectivity index (χ0n) is 11.3. The monoisotopic (exact) mass is 288 g/mol. The molecule has 0 radical (unpaired) electrons. The summed E-state index contributed by atoms with van der Waals surface area (Å²) in [6.45, 7) is 0.586. The number of nitriles is 1. The Hall–Kier alpha value is -2.06. The molecule has 0 unspecified atom stereocenters. The first kappa shape index (κ1) is 14.4. The van der Waals surface area contributed by atoms with Crippen LogP contribution in [0.15, 0.2) is 36.4 Å². The molecule has 2 aromatic carbocycles. The van der Waals surface area contributed by atoms with E-state index >= 15 is 0 Å². The number of hydrogen-bond donors (Lipinski definition) is 1. The number of hydrogen-bond acceptors (Lipinski definition) is 4. The van der Waals surface area contributed by atoms with Crippen LogP contribution in [-0.2, 0) is 9.84 Å². The molecular formula is C15H16N2O2S. The highest BCUT2D eigenvalue weighted by molar-refractivity contribution is 7.90. The average molecular weight is 288 g/mol. The maximum Gasteiger partial charge on any atom is 0.147 e. The van der Waals surface area contributed by atoms with Crippen molar-refractivity contribution in [3.05, 3.63) is 42.0 Å². The van der Waals surface area contributed by atoms with Crippen molar-refractivity contribution >= 4 is 26.3 Å². The number of sulfone groups is 1. The van der Waals surface area contributed by atoms with Gasteiger partial charge in [-0.2, -0.15) is 5.26 Å². The van der Waals surface area contributed by atoms with Crippen molar-refractivity contribution in [2.75, 3.05) is 23.9 Å². The molecule has 2 aromatic rings. The predicted octanol–water partition coefficient (Wildman–Crippen LogP) is 2.56. The number of rotatable bonds is 5. The normalized spacial score (nSPS) is 11.2. The van der Waals surface area contributed by atoms with E-state index in [1.54, 1.807) is 6.07 Å². The number of nitrogens with zero attached hydrogens (tertiary/aromatic N) is 1. The van der Waals surface area contributed by atoms with Gasteiger partial charge in [-0.3, -0.25) is 0 Å². The van der Waals surface area contributed by atoms with Gasteiger partial charge in [0.15, 0.2) is 0 Å². The second kappa shape index (κ2) is 5.93. The van der Waals surface area contributed by atoms with Gasteiger partial charge in [-0.1, -0.05) is 24.3 Å². The van der Waals surface area contributed by atoms with Gasteiger partial charge in [-0.25, -0.2) is 8.42 Å². The van der Waals surface area contributed by atoms with E-state index in [9.17, 15) is 8.42 Å². The van der Waals surface area contributed by atoms with E-state index in [1.807, 2.05) is 30.3 Å². The molecule has 1 N–H and O–H groups in total. The van der Waals surface area contributed by atoms with E-state index in [1.165, 1.54) is 6.26 Å². The van der Waals surface area contributed by atoms with E-state index < -0.39 is 9.84 Å². The minimum Gasteiger partial charge on any atom is -0.385 e. The lowest BCUT2D eigenvalue weighted by Crippen LogP contribution is -2.09. The minimum atomic E-state index is -2.91.